The van der Waals surface area contributed by atoms with Gasteiger partial charge in [0.1, 0.15) is 0 Å². The Hall–Kier alpha value is -1.61. The number of alkyl halides is 3. The fraction of sp³-hybridized carbons (Fsp3) is 0.455. The molecule has 1 saturated carbocycles. The van der Waals surface area contributed by atoms with Gasteiger partial charge in [-0.1, -0.05) is 0 Å². The number of nitriles is 1. The van der Waals surface area contributed by atoms with Crippen molar-refractivity contribution in [1.82, 2.24) is 4.98 Å². The molecule has 6 heteroatoms. The van der Waals surface area contributed by atoms with Crippen LogP contribution in [0.4, 0.5) is 13.2 Å². The Morgan fingerprint density at radius 1 is 1.41 bits per heavy atom. The number of hydrogen-bond donors (Lipinski definition) is 1. The van der Waals surface area contributed by atoms with E-state index in [4.69, 9.17) is 5.26 Å². The molecule has 0 aromatic carbocycles. The monoisotopic (exact) mass is 242 g/mol. The molecule has 1 aliphatic rings. The van der Waals surface area contributed by atoms with Crippen LogP contribution in [0.3, 0.4) is 0 Å². The summed E-state index contributed by atoms with van der Waals surface area (Å²) in [6, 6.07) is 2.91. The molecule has 1 aromatic heterocycles. The Morgan fingerprint density at radius 2 is 2.06 bits per heavy atom. The highest BCUT2D eigenvalue weighted by Crippen LogP contribution is 2.44. The highest BCUT2D eigenvalue weighted by atomic mass is 19.4. The molecule has 1 N–H and O–H groups in total. The molecule has 0 atom stereocenters. The summed E-state index contributed by atoms with van der Waals surface area (Å²) < 4.78 is 37.5. The second-order valence-electron chi connectivity index (χ2n) is 4.22. The van der Waals surface area contributed by atoms with Crippen LogP contribution in [0, 0.1) is 11.3 Å². The van der Waals surface area contributed by atoms with Gasteiger partial charge < -0.3 is 5.11 Å². The fourth-order valence-electron chi connectivity index (χ4n) is 1.99. The summed E-state index contributed by atoms with van der Waals surface area (Å²) in [7, 11) is 0. The number of aliphatic hydroxyl groups excluding tert-OH is 1. The van der Waals surface area contributed by atoms with Crippen molar-refractivity contribution in [2.45, 2.75) is 30.5 Å². The van der Waals surface area contributed by atoms with E-state index in [1.807, 2.05) is 6.07 Å². The molecule has 0 amide bonds. The van der Waals surface area contributed by atoms with Gasteiger partial charge in [0.2, 0.25) is 0 Å². The van der Waals surface area contributed by atoms with Crippen LogP contribution in [-0.2, 0) is 11.6 Å². The second kappa shape index (κ2) is 3.70. The molecule has 0 radical (unpaired) electrons. The highest BCUT2D eigenvalue weighted by Gasteiger charge is 2.46. The molecule has 1 heterocycles. The number of pyridine rings is 1. The van der Waals surface area contributed by atoms with Gasteiger partial charge in [-0.15, -0.1) is 0 Å². The van der Waals surface area contributed by atoms with Gasteiger partial charge in [0, 0.05) is 12.4 Å². The number of nitrogens with zero attached hydrogens (tertiary/aromatic N) is 2. The average molecular weight is 242 g/mol. The van der Waals surface area contributed by atoms with Crippen molar-refractivity contribution < 1.29 is 18.3 Å². The second-order valence-corrected chi connectivity index (χ2v) is 4.22. The summed E-state index contributed by atoms with van der Waals surface area (Å²) in [5.41, 5.74) is -1.67. The highest BCUT2D eigenvalue weighted by molar-refractivity contribution is 5.37. The number of aliphatic hydroxyl groups is 1. The van der Waals surface area contributed by atoms with Gasteiger partial charge in [-0.2, -0.15) is 18.4 Å². The Balaban J connectivity index is 2.38. The molecule has 0 spiro atoms. The third-order valence-corrected chi connectivity index (χ3v) is 3.00. The quantitative estimate of drug-likeness (QED) is 0.819. The van der Waals surface area contributed by atoms with Crippen molar-refractivity contribution in [1.29, 1.82) is 5.26 Å². The molecule has 0 unspecified atom stereocenters. The van der Waals surface area contributed by atoms with E-state index in [2.05, 4.69) is 4.98 Å². The van der Waals surface area contributed by atoms with Gasteiger partial charge in [0.25, 0.3) is 0 Å². The van der Waals surface area contributed by atoms with Crippen LogP contribution < -0.4 is 0 Å². The zero-order valence-electron chi connectivity index (χ0n) is 8.70. The zero-order valence-corrected chi connectivity index (χ0v) is 8.70. The van der Waals surface area contributed by atoms with Crippen LogP contribution in [0.15, 0.2) is 18.5 Å². The lowest BCUT2D eigenvalue weighted by Crippen LogP contribution is -2.43. The van der Waals surface area contributed by atoms with Crippen molar-refractivity contribution in [3.05, 3.63) is 29.6 Å². The average Bonchev–Trinajstić information content (AvgIpc) is 2.23. The van der Waals surface area contributed by atoms with Gasteiger partial charge in [-0.25, -0.2) is 0 Å². The van der Waals surface area contributed by atoms with Crippen LogP contribution >= 0.6 is 0 Å². The topological polar surface area (TPSA) is 56.9 Å². The Labute approximate surface area is 95.5 Å². The number of hydrogen-bond acceptors (Lipinski definition) is 3. The first kappa shape index (κ1) is 11.9. The fourth-order valence-corrected chi connectivity index (χ4v) is 1.99. The number of aromatic nitrogens is 1. The van der Waals surface area contributed by atoms with Crippen molar-refractivity contribution >= 4 is 0 Å². The van der Waals surface area contributed by atoms with Crippen LogP contribution in [0.5, 0.6) is 0 Å². The Morgan fingerprint density at radius 3 is 2.53 bits per heavy atom. The molecule has 0 bridgehead atoms. The van der Waals surface area contributed by atoms with Gasteiger partial charge in [-0.3, -0.25) is 4.98 Å². The third-order valence-electron chi connectivity index (χ3n) is 3.00. The van der Waals surface area contributed by atoms with Crippen molar-refractivity contribution in [3.8, 4) is 6.07 Å². The normalized spacial score (nSPS) is 28.3. The standard InChI is InChI=1S/C11H9F3N2O/c12-11(13,14)8-1-7(4-16-5-8)10(6-15)2-9(17)3-10/h1,4-5,9,17H,2-3H2. The number of rotatable bonds is 1. The zero-order chi connectivity index (χ0) is 12.7. The van der Waals surface area contributed by atoms with E-state index in [1.165, 1.54) is 6.20 Å². The first-order chi connectivity index (χ1) is 7.87. The molecule has 17 heavy (non-hydrogen) atoms. The summed E-state index contributed by atoms with van der Waals surface area (Å²) in [4.78, 5) is 3.52. The Kier molecular flexibility index (Phi) is 2.59. The summed E-state index contributed by atoms with van der Waals surface area (Å²) in [5.74, 6) is 0. The van der Waals surface area contributed by atoms with Gasteiger partial charge in [-0.05, 0) is 24.5 Å². The van der Waals surface area contributed by atoms with Crippen molar-refractivity contribution in [2.24, 2.45) is 0 Å². The lowest BCUT2D eigenvalue weighted by Gasteiger charge is -2.39. The van der Waals surface area contributed by atoms with E-state index in [9.17, 15) is 18.3 Å². The molecule has 0 aliphatic heterocycles. The molecular formula is C11H9F3N2O. The Bertz CT molecular complexity index is 472. The van der Waals surface area contributed by atoms with Gasteiger partial charge in [0.15, 0.2) is 0 Å². The smallest absolute Gasteiger partial charge is 0.393 e. The molecular weight excluding hydrogens is 233 g/mol. The van der Waals surface area contributed by atoms with Gasteiger partial charge in [0.05, 0.1) is 23.2 Å². The maximum absolute atomic E-state index is 12.5. The molecule has 0 saturated heterocycles. The predicted molar refractivity (Wildman–Crippen MR) is 51.8 cm³/mol. The molecule has 2 rings (SSSR count). The molecule has 3 nitrogen and oxygen atoms in total. The SMILES string of the molecule is N#CC1(c2cncc(C(F)(F)F)c2)CC(O)C1. The van der Waals surface area contributed by atoms with E-state index in [-0.39, 0.29) is 18.4 Å². The summed E-state index contributed by atoms with van der Waals surface area (Å²) in [6.07, 6.45) is -2.79. The maximum atomic E-state index is 12.5. The third kappa shape index (κ3) is 1.98. The van der Waals surface area contributed by atoms with Crippen LogP contribution in [0.2, 0.25) is 0 Å². The first-order valence-electron chi connectivity index (χ1n) is 4.99. The van der Waals surface area contributed by atoms with E-state index >= 15 is 0 Å². The minimum Gasteiger partial charge on any atom is -0.393 e. The summed E-state index contributed by atoms with van der Waals surface area (Å²) in [5, 5.41) is 18.2. The van der Waals surface area contributed by atoms with Crippen LogP contribution in [-0.4, -0.2) is 16.2 Å². The summed E-state index contributed by atoms with van der Waals surface area (Å²) >= 11 is 0. The van der Waals surface area contributed by atoms with Crippen molar-refractivity contribution in [2.75, 3.05) is 0 Å². The van der Waals surface area contributed by atoms with Crippen molar-refractivity contribution in [3.63, 3.8) is 0 Å². The van der Waals surface area contributed by atoms with E-state index in [0.29, 0.717) is 0 Å². The number of halogens is 3. The maximum Gasteiger partial charge on any atom is 0.417 e. The van der Waals surface area contributed by atoms with Crippen LogP contribution in [0.1, 0.15) is 24.0 Å². The largest absolute Gasteiger partial charge is 0.417 e. The van der Waals surface area contributed by atoms with E-state index in [0.717, 1.165) is 12.3 Å². The van der Waals surface area contributed by atoms with Crippen LogP contribution in [0.25, 0.3) is 0 Å². The summed E-state index contributed by atoms with van der Waals surface area (Å²) in [6.45, 7) is 0. The molecule has 90 valence electrons. The molecule has 1 fully saturated rings. The van der Waals surface area contributed by atoms with Gasteiger partial charge >= 0.3 is 6.18 Å². The minimum absolute atomic E-state index is 0.159. The molecule has 1 aliphatic carbocycles. The molecule has 1 aromatic rings. The first-order valence-corrected chi connectivity index (χ1v) is 4.99. The lowest BCUT2D eigenvalue weighted by molar-refractivity contribution is -0.137. The minimum atomic E-state index is -4.47. The van der Waals surface area contributed by atoms with E-state index in [1.54, 1.807) is 0 Å². The van der Waals surface area contributed by atoms with E-state index < -0.39 is 23.3 Å². The predicted octanol–water partition coefficient (Wildman–Crippen LogP) is 2.02. The lowest BCUT2D eigenvalue weighted by atomic mass is 9.64.